The van der Waals surface area contributed by atoms with Gasteiger partial charge < -0.3 is 15.5 Å². The molecule has 2 aromatic rings. The zero-order chi connectivity index (χ0) is 18.8. The zero-order valence-electron chi connectivity index (χ0n) is 15.4. The monoisotopic (exact) mass is 361 g/mol. The van der Waals surface area contributed by atoms with E-state index in [0.717, 1.165) is 41.9 Å². The first-order chi connectivity index (χ1) is 13.1. The number of hydrogen-bond acceptors (Lipinski definition) is 3. The molecule has 0 radical (unpaired) electrons. The fraction of sp³-hybridized carbons (Fsp3) is 0.273. The van der Waals surface area contributed by atoms with E-state index < -0.39 is 0 Å². The van der Waals surface area contributed by atoms with Crippen LogP contribution in [-0.2, 0) is 22.4 Å². The lowest BCUT2D eigenvalue weighted by Gasteiger charge is -2.27. The molecule has 0 saturated heterocycles. The second kappa shape index (κ2) is 7.27. The molecule has 27 heavy (non-hydrogen) atoms. The summed E-state index contributed by atoms with van der Waals surface area (Å²) in [5.41, 5.74) is 6.28. The molecule has 138 valence electrons. The number of rotatable bonds is 3. The topological polar surface area (TPSA) is 61.4 Å². The molecular formula is C22H23N3O2. The van der Waals surface area contributed by atoms with Gasteiger partial charge >= 0.3 is 0 Å². The van der Waals surface area contributed by atoms with Crippen molar-refractivity contribution in [3.05, 3.63) is 59.2 Å². The number of carbonyl (C=O) groups is 2. The van der Waals surface area contributed by atoms with Gasteiger partial charge in [-0.05, 0) is 72.4 Å². The largest absolute Gasteiger partial charge is 0.374 e. The molecule has 0 aromatic heterocycles. The van der Waals surface area contributed by atoms with Crippen molar-refractivity contribution in [3.8, 4) is 0 Å². The summed E-state index contributed by atoms with van der Waals surface area (Å²) in [6.45, 7) is 1.09. The Morgan fingerprint density at radius 2 is 2.00 bits per heavy atom. The summed E-state index contributed by atoms with van der Waals surface area (Å²) in [5.74, 6) is -0.122. The van der Waals surface area contributed by atoms with Gasteiger partial charge in [-0.15, -0.1) is 0 Å². The first-order valence-corrected chi connectivity index (χ1v) is 9.34. The number of fused-ring (bicyclic) bond motifs is 2. The van der Waals surface area contributed by atoms with Gasteiger partial charge in [0.25, 0.3) is 0 Å². The molecule has 2 aromatic carbocycles. The molecule has 0 unspecified atom stereocenters. The minimum absolute atomic E-state index is 0.0402. The normalized spacial score (nSPS) is 15.9. The Balaban J connectivity index is 1.43. The van der Waals surface area contributed by atoms with Crippen LogP contribution in [0.15, 0.2) is 42.5 Å². The molecule has 2 N–H and O–H groups in total. The van der Waals surface area contributed by atoms with Crippen molar-refractivity contribution < 1.29 is 9.59 Å². The molecule has 2 aliphatic rings. The van der Waals surface area contributed by atoms with E-state index in [4.69, 9.17) is 0 Å². The second-order valence-corrected chi connectivity index (χ2v) is 7.16. The first kappa shape index (κ1) is 17.3. The highest BCUT2D eigenvalue weighted by Crippen LogP contribution is 2.27. The van der Waals surface area contributed by atoms with Gasteiger partial charge in [-0.2, -0.15) is 0 Å². The van der Waals surface area contributed by atoms with Crippen LogP contribution in [0.2, 0.25) is 0 Å². The van der Waals surface area contributed by atoms with Crippen molar-refractivity contribution in [2.45, 2.75) is 25.7 Å². The highest BCUT2D eigenvalue weighted by molar-refractivity contribution is 6.02. The van der Waals surface area contributed by atoms with Crippen molar-refractivity contribution in [3.63, 3.8) is 0 Å². The maximum Gasteiger partial charge on any atom is 0.248 e. The highest BCUT2D eigenvalue weighted by Gasteiger charge is 2.15. The quantitative estimate of drug-likeness (QED) is 0.821. The van der Waals surface area contributed by atoms with Crippen LogP contribution in [-0.4, -0.2) is 25.4 Å². The molecule has 0 bridgehead atoms. The SMILES string of the molecule is CN1CCCc2cc(/C=C/C(=O)Nc3ccc4c(c3)CCC(=O)N4)ccc21. The molecule has 5 heteroatoms. The van der Waals surface area contributed by atoms with Crippen molar-refractivity contribution >= 4 is 35.0 Å². The fourth-order valence-corrected chi connectivity index (χ4v) is 3.73. The smallest absolute Gasteiger partial charge is 0.248 e. The summed E-state index contributed by atoms with van der Waals surface area (Å²) in [5, 5.41) is 5.74. The molecule has 2 heterocycles. The van der Waals surface area contributed by atoms with Crippen molar-refractivity contribution in [1.82, 2.24) is 0 Å². The maximum absolute atomic E-state index is 12.3. The van der Waals surface area contributed by atoms with E-state index in [9.17, 15) is 9.59 Å². The summed E-state index contributed by atoms with van der Waals surface area (Å²) in [6, 6.07) is 11.9. The van der Waals surface area contributed by atoms with Crippen LogP contribution < -0.4 is 15.5 Å². The molecule has 5 nitrogen and oxygen atoms in total. The Morgan fingerprint density at radius 1 is 1.11 bits per heavy atom. The van der Waals surface area contributed by atoms with Crippen molar-refractivity contribution in [1.29, 1.82) is 0 Å². The van der Waals surface area contributed by atoms with E-state index in [1.165, 1.54) is 11.3 Å². The number of benzene rings is 2. The summed E-state index contributed by atoms with van der Waals surface area (Å²) in [6.07, 6.45) is 6.84. The van der Waals surface area contributed by atoms with Crippen LogP contribution in [0.25, 0.3) is 6.08 Å². The van der Waals surface area contributed by atoms with Gasteiger partial charge in [0.15, 0.2) is 0 Å². The lowest BCUT2D eigenvalue weighted by atomic mass is 9.99. The highest BCUT2D eigenvalue weighted by atomic mass is 16.2. The number of aryl methyl sites for hydroxylation is 2. The molecular weight excluding hydrogens is 338 g/mol. The van der Waals surface area contributed by atoms with Crippen LogP contribution >= 0.6 is 0 Å². The first-order valence-electron chi connectivity index (χ1n) is 9.34. The van der Waals surface area contributed by atoms with E-state index in [-0.39, 0.29) is 11.8 Å². The van der Waals surface area contributed by atoms with E-state index in [1.807, 2.05) is 30.3 Å². The molecule has 0 atom stereocenters. The molecule has 0 aliphatic carbocycles. The van der Waals surface area contributed by atoms with Crippen LogP contribution in [0.5, 0.6) is 0 Å². The van der Waals surface area contributed by atoms with Gasteiger partial charge in [0.05, 0.1) is 0 Å². The maximum atomic E-state index is 12.3. The van der Waals surface area contributed by atoms with Gasteiger partial charge in [0.2, 0.25) is 11.8 Å². The summed E-state index contributed by atoms with van der Waals surface area (Å²) in [4.78, 5) is 26.0. The van der Waals surface area contributed by atoms with E-state index in [2.05, 4.69) is 34.7 Å². The Morgan fingerprint density at radius 3 is 2.89 bits per heavy atom. The number of nitrogens with zero attached hydrogens (tertiary/aromatic N) is 1. The van der Waals surface area contributed by atoms with Crippen molar-refractivity contribution in [2.24, 2.45) is 0 Å². The summed E-state index contributed by atoms with van der Waals surface area (Å²) in [7, 11) is 2.12. The van der Waals surface area contributed by atoms with E-state index >= 15 is 0 Å². The fourth-order valence-electron chi connectivity index (χ4n) is 3.73. The van der Waals surface area contributed by atoms with Crippen LogP contribution in [0, 0.1) is 0 Å². The summed E-state index contributed by atoms with van der Waals surface area (Å²) >= 11 is 0. The molecule has 0 fully saturated rings. The predicted molar refractivity (Wildman–Crippen MR) is 109 cm³/mol. The molecule has 2 aliphatic heterocycles. The van der Waals surface area contributed by atoms with Crippen LogP contribution in [0.3, 0.4) is 0 Å². The van der Waals surface area contributed by atoms with Gasteiger partial charge in [-0.1, -0.05) is 6.07 Å². The Bertz CT molecular complexity index is 933. The predicted octanol–water partition coefficient (Wildman–Crippen LogP) is 3.61. The van der Waals surface area contributed by atoms with Gasteiger partial charge in [-0.25, -0.2) is 0 Å². The Hall–Kier alpha value is -3.08. The van der Waals surface area contributed by atoms with E-state index in [1.54, 1.807) is 6.08 Å². The standard InChI is InChI=1S/C22H23N3O2/c1-25-12-2-3-17-13-15(4-9-20(17)25)5-10-21(26)23-18-7-8-19-16(14-18)6-11-22(27)24-19/h4-5,7-10,13-14H,2-3,6,11-12H2,1H3,(H,23,26)(H,24,27)/b10-5+. The molecule has 2 amide bonds. The number of carbonyl (C=O) groups excluding carboxylic acids is 2. The van der Waals surface area contributed by atoms with E-state index in [0.29, 0.717) is 12.8 Å². The lowest BCUT2D eigenvalue weighted by molar-refractivity contribution is -0.116. The lowest BCUT2D eigenvalue weighted by Crippen LogP contribution is -2.24. The van der Waals surface area contributed by atoms with Gasteiger partial charge in [0, 0.05) is 43.2 Å². The third-order valence-corrected chi connectivity index (χ3v) is 5.15. The summed E-state index contributed by atoms with van der Waals surface area (Å²) < 4.78 is 0. The molecule has 0 saturated carbocycles. The Kier molecular flexibility index (Phi) is 4.67. The molecule has 0 spiro atoms. The number of anilines is 3. The third-order valence-electron chi connectivity index (χ3n) is 5.15. The number of amides is 2. The zero-order valence-corrected chi connectivity index (χ0v) is 15.4. The van der Waals surface area contributed by atoms with Gasteiger partial charge in [0.1, 0.15) is 0 Å². The van der Waals surface area contributed by atoms with Crippen LogP contribution in [0.4, 0.5) is 17.1 Å². The number of nitrogens with one attached hydrogen (secondary N) is 2. The minimum atomic E-state index is -0.162. The average molecular weight is 361 g/mol. The van der Waals surface area contributed by atoms with Crippen molar-refractivity contribution in [2.75, 3.05) is 29.1 Å². The van der Waals surface area contributed by atoms with Crippen LogP contribution in [0.1, 0.15) is 29.5 Å². The van der Waals surface area contributed by atoms with Gasteiger partial charge in [-0.3, -0.25) is 9.59 Å². The number of hydrogen-bond donors (Lipinski definition) is 2. The minimum Gasteiger partial charge on any atom is -0.374 e. The third kappa shape index (κ3) is 3.87. The second-order valence-electron chi connectivity index (χ2n) is 7.16. The Labute approximate surface area is 159 Å². The average Bonchev–Trinajstić information content (AvgIpc) is 2.66. The molecule has 4 rings (SSSR count).